The van der Waals surface area contributed by atoms with Gasteiger partial charge in [0.15, 0.2) is 0 Å². The van der Waals surface area contributed by atoms with Gasteiger partial charge in [-0.2, -0.15) is 14.0 Å². The summed E-state index contributed by atoms with van der Waals surface area (Å²) in [7, 11) is 1.41. The zero-order chi connectivity index (χ0) is 17.5. The number of para-hydroxylation sites is 2. The number of hydrogen-bond donors (Lipinski definition) is 0. The Morgan fingerprint density at radius 2 is 1.75 bits per heavy atom. The number of nitriles is 1. The molecule has 0 saturated heterocycles. The fourth-order valence-electron chi connectivity index (χ4n) is 2.08. The Balaban J connectivity index is 2.44. The van der Waals surface area contributed by atoms with Gasteiger partial charge in [-0.05, 0) is 24.3 Å². The molecule has 0 fully saturated rings. The SMILES string of the molecule is COc1ccccc1C(=O)/C(C#N)=C/c1ccccc1OC(F)F. The van der Waals surface area contributed by atoms with Gasteiger partial charge in [0.2, 0.25) is 5.78 Å². The van der Waals surface area contributed by atoms with E-state index >= 15 is 0 Å². The van der Waals surface area contributed by atoms with Gasteiger partial charge in [-0.25, -0.2) is 0 Å². The Kier molecular flexibility index (Phi) is 5.63. The fraction of sp³-hybridized carbons (Fsp3) is 0.111. The second-order valence-corrected chi connectivity index (χ2v) is 4.62. The second-order valence-electron chi connectivity index (χ2n) is 4.62. The molecular formula is C18H13F2NO3. The van der Waals surface area contributed by atoms with Crippen LogP contribution < -0.4 is 9.47 Å². The van der Waals surface area contributed by atoms with Crippen molar-refractivity contribution < 1.29 is 23.0 Å². The van der Waals surface area contributed by atoms with Crippen LogP contribution in [0.15, 0.2) is 54.1 Å². The van der Waals surface area contributed by atoms with Crippen molar-refractivity contribution in [3.63, 3.8) is 0 Å². The molecule has 0 atom stereocenters. The van der Waals surface area contributed by atoms with E-state index in [0.29, 0.717) is 5.75 Å². The minimum Gasteiger partial charge on any atom is -0.496 e. The summed E-state index contributed by atoms with van der Waals surface area (Å²) in [5.74, 6) is -0.365. The van der Waals surface area contributed by atoms with Gasteiger partial charge in [0.25, 0.3) is 0 Å². The summed E-state index contributed by atoms with van der Waals surface area (Å²) >= 11 is 0. The van der Waals surface area contributed by atoms with Crippen molar-refractivity contribution in [1.29, 1.82) is 5.26 Å². The molecule has 0 unspecified atom stereocenters. The number of methoxy groups -OCH3 is 1. The fourth-order valence-corrected chi connectivity index (χ4v) is 2.08. The van der Waals surface area contributed by atoms with Gasteiger partial charge >= 0.3 is 6.61 Å². The topological polar surface area (TPSA) is 59.3 Å². The Hall–Kier alpha value is -3.20. The Morgan fingerprint density at radius 3 is 2.38 bits per heavy atom. The third kappa shape index (κ3) is 3.96. The predicted octanol–water partition coefficient (Wildman–Crippen LogP) is 4.09. The summed E-state index contributed by atoms with van der Waals surface area (Å²) < 4.78 is 34.4. The molecule has 4 nitrogen and oxygen atoms in total. The van der Waals surface area contributed by atoms with Crippen LogP contribution in [0.25, 0.3) is 6.08 Å². The second kappa shape index (κ2) is 7.88. The van der Waals surface area contributed by atoms with E-state index in [4.69, 9.17) is 4.74 Å². The van der Waals surface area contributed by atoms with Crippen LogP contribution in [0.2, 0.25) is 0 Å². The van der Waals surface area contributed by atoms with Crippen LogP contribution >= 0.6 is 0 Å². The van der Waals surface area contributed by atoms with Crippen molar-refractivity contribution >= 4 is 11.9 Å². The van der Waals surface area contributed by atoms with Gasteiger partial charge in [0, 0.05) is 5.56 Å². The van der Waals surface area contributed by atoms with Crippen LogP contribution in [0.4, 0.5) is 8.78 Å². The average Bonchev–Trinajstić information content (AvgIpc) is 2.59. The molecule has 0 aliphatic heterocycles. The van der Waals surface area contributed by atoms with Crippen LogP contribution in [-0.4, -0.2) is 19.5 Å². The van der Waals surface area contributed by atoms with E-state index < -0.39 is 12.4 Å². The molecule has 6 heteroatoms. The highest BCUT2D eigenvalue weighted by Crippen LogP contribution is 2.26. The largest absolute Gasteiger partial charge is 0.496 e. The number of ketones is 1. The van der Waals surface area contributed by atoms with Gasteiger partial charge in [-0.15, -0.1) is 0 Å². The molecule has 0 aromatic heterocycles. The first-order valence-corrected chi connectivity index (χ1v) is 6.90. The lowest BCUT2D eigenvalue weighted by atomic mass is 10.0. The molecule has 0 bridgehead atoms. The minimum atomic E-state index is -3.00. The lowest BCUT2D eigenvalue weighted by Gasteiger charge is -2.09. The molecular weight excluding hydrogens is 316 g/mol. The normalized spacial score (nSPS) is 11.0. The maximum absolute atomic E-state index is 12.5. The number of carbonyl (C=O) groups is 1. The number of carbonyl (C=O) groups excluding carboxylic acids is 1. The summed E-state index contributed by atoms with van der Waals surface area (Å²) in [6, 6.07) is 14.2. The van der Waals surface area contributed by atoms with Crippen LogP contribution in [0.5, 0.6) is 11.5 Å². The number of ether oxygens (including phenoxy) is 2. The van der Waals surface area contributed by atoms with Crippen LogP contribution in [0.1, 0.15) is 15.9 Å². The predicted molar refractivity (Wildman–Crippen MR) is 84.0 cm³/mol. The van der Waals surface area contributed by atoms with Crippen molar-refractivity contribution in [2.75, 3.05) is 7.11 Å². The lowest BCUT2D eigenvalue weighted by Crippen LogP contribution is -2.06. The van der Waals surface area contributed by atoms with Gasteiger partial charge in [-0.3, -0.25) is 4.79 Å². The van der Waals surface area contributed by atoms with Gasteiger partial charge in [-0.1, -0.05) is 30.3 Å². The average molecular weight is 329 g/mol. The molecule has 2 aromatic rings. The number of rotatable bonds is 6. The molecule has 0 aliphatic rings. The first-order chi connectivity index (χ1) is 11.6. The zero-order valence-electron chi connectivity index (χ0n) is 12.7. The number of Topliss-reactive ketones (excluding diaryl/α,β-unsaturated/α-hetero) is 1. The van der Waals surface area contributed by atoms with Crippen LogP contribution in [0.3, 0.4) is 0 Å². The monoisotopic (exact) mass is 329 g/mol. The molecule has 0 N–H and O–H groups in total. The first kappa shape index (κ1) is 17.2. The van der Waals surface area contributed by atoms with E-state index in [1.807, 2.05) is 0 Å². The Labute approximate surface area is 137 Å². The molecule has 0 radical (unpaired) electrons. The molecule has 0 aliphatic carbocycles. The standard InChI is InChI=1S/C18H13F2NO3/c1-23-16-9-5-3-7-14(16)17(22)13(11-21)10-12-6-2-4-8-15(12)24-18(19)20/h2-10,18H,1H3/b13-10+. The molecule has 2 aromatic carbocycles. The van der Waals surface area contributed by atoms with Gasteiger partial charge in [0.1, 0.15) is 23.1 Å². The van der Waals surface area contributed by atoms with Crippen molar-refractivity contribution in [2.24, 2.45) is 0 Å². The van der Waals surface area contributed by atoms with Gasteiger partial charge < -0.3 is 9.47 Å². The third-order valence-corrected chi connectivity index (χ3v) is 3.15. The molecule has 2 rings (SSSR count). The summed E-state index contributed by atoms with van der Waals surface area (Å²) in [6.07, 6.45) is 1.21. The van der Waals surface area contributed by atoms with Crippen molar-refractivity contribution in [2.45, 2.75) is 6.61 Å². The highest BCUT2D eigenvalue weighted by Gasteiger charge is 2.17. The number of hydrogen-bond acceptors (Lipinski definition) is 4. The number of alkyl halides is 2. The molecule has 122 valence electrons. The zero-order valence-corrected chi connectivity index (χ0v) is 12.7. The summed E-state index contributed by atoms with van der Waals surface area (Å²) in [4.78, 5) is 12.5. The van der Waals surface area contributed by atoms with E-state index in [9.17, 15) is 18.8 Å². The molecule has 0 spiro atoms. The number of benzene rings is 2. The van der Waals surface area contributed by atoms with E-state index in [1.165, 1.54) is 37.5 Å². The molecule has 0 heterocycles. The van der Waals surface area contributed by atoms with Crippen molar-refractivity contribution in [3.05, 3.63) is 65.2 Å². The van der Waals surface area contributed by atoms with Crippen molar-refractivity contribution in [1.82, 2.24) is 0 Å². The summed E-state index contributed by atoms with van der Waals surface area (Å²) in [6.45, 7) is -3.00. The van der Waals surface area contributed by atoms with E-state index in [1.54, 1.807) is 30.3 Å². The maximum atomic E-state index is 12.5. The third-order valence-electron chi connectivity index (χ3n) is 3.15. The molecule has 0 saturated carbocycles. The number of allylic oxidation sites excluding steroid dienone is 1. The Bertz CT molecular complexity index is 810. The quantitative estimate of drug-likeness (QED) is 0.455. The summed E-state index contributed by atoms with van der Waals surface area (Å²) in [5, 5.41) is 9.29. The highest BCUT2D eigenvalue weighted by atomic mass is 19.3. The van der Waals surface area contributed by atoms with E-state index in [0.717, 1.165) is 0 Å². The van der Waals surface area contributed by atoms with Gasteiger partial charge in [0.05, 0.1) is 12.7 Å². The van der Waals surface area contributed by atoms with E-state index in [-0.39, 0.29) is 22.4 Å². The number of nitrogens with zero attached hydrogens (tertiary/aromatic N) is 1. The molecule has 0 amide bonds. The van der Waals surface area contributed by atoms with Crippen LogP contribution in [-0.2, 0) is 0 Å². The summed E-state index contributed by atoms with van der Waals surface area (Å²) in [5.41, 5.74) is 0.197. The Morgan fingerprint density at radius 1 is 1.12 bits per heavy atom. The number of halogens is 2. The first-order valence-electron chi connectivity index (χ1n) is 6.90. The van der Waals surface area contributed by atoms with E-state index in [2.05, 4.69) is 4.74 Å². The van der Waals surface area contributed by atoms with Crippen molar-refractivity contribution in [3.8, 4) is 17.6 Å². The smallest absolute Gasteiger partial charge is 0.387 e. The highest BCUT2D eigenvalue weighted by molar-refractivity contribution is 6.15. The van der Waals surface area contributed by atoms with Crippen LogP contribution in [0, 0.1) is 11.3 Å². The lowest BCUT2D eigenvalue weighted by molar-refractivity contribution is -0.0499. The molecule has 24 heavy (non-hydrogen) atoms. The minimum absolute atomic E-state index is 0.118. The maximum Gasteiger partial charge on any atom is 0.387 e.